The second kappa shape index (κ2) is 6.84. The molecule has 0 aliphatic carbocycles. The number of carbonyl (C=O) groups is 1. The van der Waals surface area contributed by atoms with Gasteiger partial charge in [-0.25, -0.2) is 10.4 Å². The Morgan fingerprint density at radius 2 is 2.26 bits per heavy atom. The van der Waals surface area contributed by atoms with E-state index >= 15 is 0 Å². The molecule has 4 rings (SSSR count). The van der Waals surface area contributed by atoms with Crippen LogP contribution in [0.15, 0.2) is 34.9 Å². The maximum atomic E-state index is 12.4. The van der Waals surface area contributed by atoms with Crippen LogP contribution in [-0.4, -0.2) is 38.2 Å². The molecule has 0 aliphatic rings. The van der Waals surface area contributed by atoms with Crippen LogP contribution >= 0.6 is 11.3 Å². The zero-order chi connectivity index (χ0) is 19.0. The SMILES string of the molecule is CCn1c(C)nc2cc(C(=O)N/N=C/c3c(OC)nc4sccn34)ccc21. The summed E-state index contributed by atoms with van der Waals surface area (Å²) in [5.74, 6) is 1.08. The fraction of sp³-hybridized carbons (Fsp3) is 0.222. The van der Waals surface area contributed by atoms with Gasteiger partial charge >= 0.3 is 0 Å². The zero-order valence-corrected chi connectivity index (χ0v) is 15.9. The number of hydrogen-bond acceptors (Lipinski definition) is 6. The van der Waals surface area contributed by atoms with Crippen LogP contribution in [0.5, 0.6) is 5.88 Å². The second-order valence-electron chi connectivity index (χ2n) is 5.87. The van der Waals surface area contributed by atoms with Gasteiger partial charge in [0.1, 0.15) is 11.5 Å². The summed E-state index contributed by atoms with van der Waals surface area (Å²) in [7, 11) is 1.55. The Hall–Kier alpha value is -3.20. The molecule has 0 bridgehead atoms. The Kier molecular flexibility index (Phi) is 4.36. The third-order valence-electron chi connectivity index (χ3n) is 4.33. The third-order valence-corrected chi connectivity index (χ3v) is 5.09. The number of thiazole rings is 1. The molecule has 0 aliphatic heterocycles. The number of imidazole rings is 2. The van der Waals surface area contributed by atoms with Crippen molar-refractivity contribution in [1.82, 2.24) is 24.4 Å². The third kappa shape index (κ3) is 2.95. The van der Waals surface area contributed by atoms with E-state index in [1.54, 1.807) is 19.2 Å². The molecular weight excluding hydrogens is 364 g/mol. The van der Waals surface area contributed by atoms with E-state index in [2.05, 4.69) is 32.0 Å². The quantitative estimate of drug-likeness (QED) is 0.425. The largest absolute Gasteiger partial charge is 0.479 e. The molecule has 27 heavy (non-hydrogen) atoms. The van der Waals surface area contributed by atoms with Crippen molar-refractivity contribution >= 4 is 39.5 Å². The molecule has 0 radical (unpaired) electrons. The number of aromatic nitrogens is 4. The van der Waals surface area contributed by atoms with Gasteiger partial charge in [-0.15, -0.1) is 11.3 Å². The normalized spacial score (nSPS) is 11.7. The number of hydrazone groups is 1. The maximum Gasteiger partial charge on any atom is 0.271 e. The first kappa shape index (κ1) is 17.2. The number of hydrogen-bond donors (Lipinski definition) is 1. The van der Waals surface area contributed by atoms with Crippen molar-refractivity contribution in [3.63, 3.8) is 0 Å². The summed E-state index contributed by atoms with van der Waals surface area (Å²) in [4.78, 5) is 22.1. The summed E-state index contributed by atoms with van der Waals surface area (Å²) >= 11 is 1.49. The molecule has 1 aromatic carbocycles. The van der Waals surface area contributed by atoms with Gasteiger partial charge in [0, 0.05) is 23.7 Å². The first-order valence-corrected chi connectivity index (χ1v) is 9.30. The number of aryl methyl sites for hydroxylation is 2. The van der Waals surface area contributed by atoms with Gasteiger partial charge in [-0.1, -0.05) is 0 Å². The number of amides is 1. The van der Waals surface area contributed by atoms with Crippen LogP contribution in [0.1, 0.15) is 28.8 Å². The highest BCUT2D eigenvalue weighted by atomic mass is 32.1. The van der Waals surface area contributed by atoms with Gasteiger partial charge in [0.05, 0.1) is 24.4 Å². The van der Waals surface area contributed by atoms with Gasteiger partial charge in [0.25, 0.3) is 5.91 Å². The lowest BCUT2D eigenvalue weighted by molar-refractivity contribution is 0.0955. The van der Waals surface area contributed by atoms with Crippen LogP contribution in [0.3, 0.4) is 0 Å². The van der Waals surface area contributed by atoms with Crippen molar-refractivity contribution in [1.29, 1.82) is 0 Å². The molecule has 0 saturated carbocycles. The molecule has 0 saturated heterocycles. The topological polar surface area (TPSA) is 85.8 Å². The Bertz CT molecular complexity index is 1170. The molecule has 0 unspecified atom stereocenters. The van der Waals surface area contributed by atoms with Crippen LogP contribution in [0.4, 0.5) is 0 Å². The fourth-order valence-electron chi connectivity index (χ4n) is 3.06. The van der Waals surface area contributed by atoms with Crippen molar-refractivity contribution in [3.8, 4) is 5.88 Å². The molecule has 138 valence electrons. The zero-order valence-electron chi connectivity index (χ0n) is 15.1. The van der Waals surface area contributed by atoms with Crippen molar-refractivity contribution in [2.24, 2.45) is 5.10 Å². The number of nitrogens with zero attached hydrogens (tertiary/aromatic N) is 5. The number of fused-ring (bicyclic) bond motifs is 2. The maximum absolute atomic E-state index is 12.4. The van der Waals surface area contributed by atoms with Crippen molar-refractivity contribution in [2.45, 2.75) is 20.4 Å². The second-order valence-corrected chi connectivity index (χ2v) is 6.74. The van der Waals surface area contributed by atoms with Crippen molar-refractivity contribution in [2.75, 3.05) is 7.11 Å². The van der Waals surface area contributed by atoms with Crippen LogP contribution in [0.2, 0.25) is 0 Å². The standard InChI is InChI=1S/C18H18N6O2S/c1-4-23-11(2)20-13-9-12(5-6-14(13)23)16(25)22-19-10-15-17(26-3)21-18-24(15)7-8-27-18/h5-10H,4H2,1-3H3,(H,22,25)/b19-10+. The molecule has 3 heterocycles. The lowest BCUT2D eigenvalue weighted by Gasteiger charge is -2.03. The Morgan fingerprint density at radius 3 is 3.04 bits per heavy atom. The minimum atomic E-state index is -0.304. The molecule has 0 spiro atoms. The minimum Gasteiger partial charge on any atom is -0.479 e. The van der Waals surface area contributed by atoms with Gasteiger partial charge in [0.2, 0.25) is 5.88 Å². The average molecular weight is 382 g/mol. The molecule has 9 heteroatoms. The number of benzene rings is 1. The van der Waals surface area contributed by atoms with E-state index < -0.39 is 0 Å². The lowest BCUT2D eigenvalue weighted by Crippen LogP contribution is -2.17. The summed E-state index contributed by atoms with van der Waals surface area (Å²) in [6, 6.07) is 5.46. The van der Waals surface area contributed by atoms with Crippen molar-refractivity contribution in [3.05, 3.63) is 46.9 Å². The summed E-state index contributed by atoms with van der Waals surface area (Å²) in [5, 5.41) is 5.98. The van der Waals surface area contributed by atoms with E-state index in [-0.39, 0.29) is 5.91 Å². The number of rotatable bonds is 5. The van der Waals surface area contributed by atoms with Crippen molar-refractivity contribution < 1.29 is 9.53 Å². The van der Waals surface area contributed by atoms with Gasteiger partial charge in [-0.05, 0) is 32.0 Å². The molecule has 8 nitrogen and oxygen atoms in total. The summed E-state index contributed by atoms with van der Waals surface area (Å²) in [6.07, 6.45) is 3.40. The molecule has 1 amide bonds. The van der Waals surface area contributed by atoms with E-state index in [9.17, 15) is 4.79 Å². The van der Waals surface area contributed by atoms with Gasteiger partial charge < -0.3 is 9.30 Å². The van der Waals surface area contributed by atoms with Crippen LogP contribution in [0.25, 0.3) is 16.0 Å². The first-order valence-electron chi connectivity index (χ1n) is 8.42. The minimum absolute atomic E-state index is 0.304. The highest BCUT2D eigenvalue weighted by molar-refractivity contribution is 7.15. The lowest BCUT2D eigenvalue weighted by atomic mass is 10.2. The van der Waals surface area contributed by atoms with Gasteiger partial charge in [-0.3, -0.25) is 9.20 Å². The molecule has 0 atom stereocenters. The molecule has 1 N–H and O–H groups in total. The summed E-state index contributed by atoms with van der Waals surface area (Å²) in [5.41, 5.74) is 5.53. The first-order chi connectivity index (χ1) is 13.1. The van der Waals surface area contributed by atoms with E-state index in [0.717, 1.165) is 28.4 Å². The summed E-state index contributed by atoms with van der Waals surface area (Å²) < 4.78 is 9.22. The van der Waals surface area contributed by atoms with Gasteiger partial charge in [-0.2, -0.15) is 10.1 Å². The van der Waals surface area contributed by atoms with Gasteiger partial charge in [0.15, 0.2) is 4.96 Å². The Balaban J connectivity index is 1.56. The highest BCUT2D eigenvalue weighted by Gasteiger charge is 2.13. The molecule has 0 fully saturated rings. The number of nitrogens with one attached hydrogen (secondary N) is 1. The Morgan fingerprint density at radius 1 is 1.41 bits per heavy atom. The molecule has 3 aromatic heterocycles. The predicted octanol–water partition coefficient (Wildman–Crippen LogP) is 2.85. The fourth-order valence-corrected chi connectivity index (χ4v) is 3.77. The summed E-state index contributed by atoms with van der Waals surface area (Å²) in [6.45, 7) is 4.86. The number of ether oxygens (including phenoxy) is 1. The smallest absolute Gasteiger partial charge is 0.271 e. The van der Waals surface area contributed by atoms with E-state index in [1.165, 1.54) is 17.6 Å². The predicted molar refractivity (Wildman–Crippen MR) is 105 cm³/mol. The molecule has 4 aromatic rings. The van der Waals surface area contributed by atoms with E-state index in [0.29, 0.717) is 17.1 Å². The monoisotopic (exact) mass is 382 g/mol. The van der Waals surface area contributed by atoms with Crippen LogP contribution in [0, 0.1) is 6.92 Å². The Labute approximate surface area is 159 Å². The molecular formula is C18H18N6O2S. The van der Waals surface area contributed by atoms with Crippen LogP contribution < -0.4 is 10.2 Å². The highest BCUT2D eigenvalue weighted by Crippen LogP contribution is 2.21. The number of carbonyl (C=O) groups excluding carboxylic acids is 1. The average Bonchev–Trinajstić information content (AvgIpc) is 3.33. The van der Waals surface area contributed by atoms with E-state index in [4.69, 9.17) is 4.74 Å². The van der Waals surface area contributed by atoms with Crippen LogP contribution in [-0.2, 0) is 6.54 Å². The number of methoxy groups -OCH3 is 1. The van der Waals surface area contributed by atoms with E-state index in [1.807, 2.05) is 29.0 Å².